The minimum absolute atomic E-state index is 0.108. The van der Waals surface area contributed by atoms with Crippen LogP contribution in [0.25, 0.3) is 0 Å². The fraction of sp³-hybridized carbons (Fsp3) is 0.750. The van der Waals surface area contributed by atoms with Crippen LogP contribution in [0.4, 0.5) is 4.79 Å². The molecule has 3 N–H and O–H groups in total. The van der Waals surface area contributed by atoms with E-state index in [-0.39, 0.29) is 6.03 Å². The van der Waals surface area contributed by atoms with Crippen LogP contribution in [-0.2, 0) is 0 Å². The van der Waals surface area contributed by atoms with Crippen LogP contribution in [0.5, 0.6) is 0 Å². The highest BCUT2D eigenvalue weighted by molar-refractivity contribution is 5.74. The molecule has 2 amide bonds. The Morgan fingerprint density at radius 2 is 2.05 bits per heavy atom. The molecule has 2 fully saturated rings. The Morgan fingerprint density at radius 1 is 1.27 bits per heavy atom. The van der Waals surface area contributed by atoms with Gasteiger partial charge in [-0.25, -0.2) is 4.79 Å². The number of aromatic nitrogens is 2. The highest BCUT2D eigenvalue weighted by Crippen LogP contribution is 2.26. The third kappa shape index (κ3) is 4.00. The molecule has 2 saturated heterocycles. The molecule has 1 aromatic rings. The number of likely N-dealkylation sites (tertiary alicyclic amines) is 1. The zero-order valence-electron chi connectivity index (χ0n) is 13.2. The van der Waals surface area contributed by atoms with Gasteiger partial charge in [0.15, 0.2) is 0 Å². The molecule has 0 atom stereocenters. The van der Waals surface area contributed by atoms with Crippen molar-refractivity contribution < 1.29 is 4.79 Å². The maximum absolute atomic E-state index is 12.2. The summed E-state index contributed by atoms with van der Waals surface area (Å²) < 4.78 is 0. The van der Waals surface area contributed by atoms with E-state index in [1.807, 2.05) is 11.0 Å². The minimum Gasteiger partial charge on any atom is -0.338 e. The molecule has 6 nitrogen and oxygen atoms in total. The van der Waals surface area contributed by atoms with Crippen molar-refractivity contribution in [1.29, 1.82) is 0 Å². The molecule has 3 heterocycles. The molecule has 0 aliphatic carbocycles. The first-order chi connectivity index (χ1) is 10.8. The lowest BCUT2D eigenvalue weighted by atomic mass is 9.94. The van der Waals surface area contributed by atoms with Crippen molar-refractivity contribution in [3.63, 3.8) is 0 Å². The Kier molecular flexibility index (Phi) is 5.32. The molecule has 0 spiro atoms. The summed E-state index contributed by atoms with van der Waals surface area (Å²) in [7, 11) is 0. The number of nitrogens with one attached hydrogen (secondary N) is 3. The molecular weight excluding hydrogens is 278 g/mol. The van der Waals surface area contributed by atoms with Crippen LogP contribution in [0.1, 0.15) is 43.7 Å². The summed E-state index contributed by atoms with van der Waals surface area (Å²) in [5, 5.41) is 13.5. The van der Waals surface area contributed by atoms with Crippen molar-refractivity contribution in [1.82, 2.24) is 25.7 Å². The Hall–Kier alpha value is -1.56. The van der Waals surface area contributed by atoms with Gasteiger partial charge in [-0.2, -0.15) is 5.10 Å². The second kappa shape index (κ2) is 7.63. The smallest absolute Gasteiger partial charge is 0.317 e. The summed E-state index contributed by atoms with van der Waals surface area (Å²) >= 11 is 0. The zero-order valence-corrected chi connectivity index (χ0v) is 13.2. The lowest BCUT2D eigenvalue weighted by molar-refractivity contribution is 0.180. The monoisotopic (exact) mass is 305 g/mol. The number of hydrogen-bond acceptors (Lipinski definition) is 3. The van der Waals surface area contributed by atoms with Gasteiger partial charge >= 0.3 is 6.03 Å². The Labute approximate surface area is 132 Å². The summed E-state index contributed by atoms with van der Waals surface area (Å²) in [6.07, 6.45) is 7.43. The lowest BCUT2D eigenvalue weighted by Crippen LogP contribution is -2.44. The molecule has 0 unspecified atom stereocenters. The summed E-state index contributed by atoms with van der Waals surface area (Å²) in [4.78, 5) is 14.2. The normalized spacial score (nSPS) is 21.0. The standard InChI is InChI=1S/C16H27N5O/c22-16(18-9-3-13-1-7-17-8-2-13)21-11-5-14(6-12-21)15-4-10-19-20-15/h4,10,13-14,17H,1-3,5-9,11-12H2,(H,18,22)(H,19,20). The summed E-state index contributed by atoms with van der Waals surface area (Å²) in [6.45, 7) is 4.73. The Bertz CT molecular complexity index is 447. The van der Waals surface area contributed by atoms with Crippen LogP contribution < -0.4 is 10.6 Å². The molecule has 3 rings (SSSR count). The predicted octanol–water partition coefficient (Wildman–Crippen LogP) is 1.69. The minimum atomic E-state index is 0.108. The quantitative estimate of drug-likeness (QED) is 0.792. The molecule has 122 valence electrons. The fourth-order valence-corrected chi connectivity index (χ4v) is 3.55. The average Bonchev–Trinajstić information content (AvgIpc) is 3.10. The van der Waals surface area contributed by atoms with E-state index < -0.39 is 0 Å². The lowest BCUT2D eigenvalue weighted by Gasteiger charge is -2.31. The maximum atomic E-state index is 12.2. The molecular formula is C16H27N5O. The van der Waals surface area contributed by atoms with Gasteiger partial charge in [-0.1, -0.05) is 0 Å². The van der Waals surface area contributed by atoms with Crippen LogP contribution in [0.15, 0.2) is 12.3 Å². The number of carbonyl (C=O) groups is 1. The predicted molar refractivity (Wildman–Crippen MR) is 85.7 cm³/mol. The van der Waals surface area contributed by atoms with Crippen LogP contribution in [0, 0.1) is 5.92 Å². The molecule has 0 saturated carbocycles. The average molecular weight is 305 g/mol. The van der Waals surface area contributed by atoms with Crippen molar-refractivity contribution in [3.05, 3.63) is 18.0 Å². The van der Waals surface area contributed by atoms with E-state index in [4.69, 9.17) is 0 Å². The van der Waals surface area contributed by atoms with Gasteiger partial charge in [0.05, 0.1) is 0 Å². The van der Waals surface area contributed by atoms with E-state index in [2.05, 4.69) is 20.8 Å². The van der Waals surface area contributed by atoms with E-state index in [9.17, 15) is 4.79 Å². The highest BCUT2D eigenvalue weighted by Gasteiger charge is 2.24. The van der Waals surface area contributed by atoms with E-state index in [0.717, 1.165) is 57.9 Å². The van der Waals surface area contributed by atoms with Gasteiger partial charge in [0.1, 0.15) is 0 Å². The molecule has 2 aliphatic heterocycles. The van der Waals surface area contributed by atoms with Gasteiger partial charge < -0.3 is 15.5 Å². The van der Waals surface area contributed by atoms with Gasteiger partial charge in [0.25, 0.3) is 0 Å². The van der Waals surface area contributed by atoms with Crippen LogP contribution >= 0.6 is 0 Å². The number of hydrogen-bond donors (Lipinski definition) is 3. The van der Waals surface area contributed by atoms with E-state index in [1.54, 1.807) is 6.20 Å². The van der Waals surface area contributed by atoms with Gasteiger partial charge in [-0.05, 0) is 57.2 Å². The third-order valence-electron chi connectivity index (χ3n) is 5.03. The van der Waals surface area contributed by atoms with Crippen LogP contribution in [0.3, 0.4) is 0 Å². The molecule has 6 heteroatoms. The zero-order chi connectivity index (χ0) is 15.2. The number of piperidine rings is 2. The topological polar surface area (TPSA) is 73.1 Å². The number of H-pyrrole nitrogens is 1. The van der Waals surface area contributed by atoms with Crippen LogP contribution in [-0.4, -0.2) is 53.9 Å². The van der Waals surface area contributed by atoms with Crippen molar-refractivity contribution in [2.45, 2.75) is 38.0 Å². The van der Waals surface area contributed by atoms with Crippen molar-refractivity contribution in [2.75, 3.05) is 32.7 Å². The van der Waals surface area contributed by atoms with E-state index in [0.29, 0.717) is 5.92 Å². The fourth-order valence-electron chi connectivity index (χ4n) is 3.55. The first kappa shape index (κ1) is 15.3. The SMILES string of the molecule is O=C(NCCC1CCNCC1)N1CCC(c2ccn[nH]2)CC1. The summed E-state index contributed by atoms with van der Waals surface area (Å²) in [5.41, 5.74) is 1.20. The number of urea groups is 1. The Morgan fingerprint density at radius 3 is 2.73 bits per heavy atom. The van der Waals surface area contributed by atoms with Crippen LogP contribution in [0.2, 0.25) is 0 Å². The molecule has 0 radical (unpaired) electrons. The number of rotatable bonds is 4. The van der Waals surface area contributed by atoms with Gasteiger partial charge in [-0.15, -0.1) is 0 Å². The van der Waals surface area contributed by atoms with Crippen molar-refractivity contribution in [2.24, 2.45) is 5.92 Å². The summed E-state index contributed by atoms with van der Waals surface area (Å²) in [6, 6.07) is 2.15. The number of amides is 2. The third-order valence-corrected chi connectivity index (χ3v) is 5.03. The van der Waals surface area contributed by atoms with Gasteiger partial charge in [0, 0.05) is 37.4 Å². The second-order valence-corrected chi connectivity index (χ2v) is 6.49. The molecule has 0 bridgehead atoms. The largest absolute Gasteiger partial charge is 0.338 e. The number of aromatic amines is 1. The summed E-state index contributed by atoms with van der Waals surface area (Å²) in [5.74, 6) is 1.29. The molecule has 22 heavy (non-hydrogen) atoms. The molecule has 1 aromatic heterocycles. The molecule has 2 aliphatic rings. The Balaban J connectivity index is 1.35. The van der Waals surface area contributed by atoms with E-state index in [1.165, 1.54) is 18.5 Å². The van der Waals surface area contributed by atoms with Gasteiger partial charge in [0.2, 0.25) is 0 Å². The maximum Gasteiger partial charge on any atom is 0.317 e. The first-order valence-corrected chi connectivity index (χ1v) is 8.55. The van der Waals surface area contributed by atoms with Crippen molar-refractivity contribution >= 4 is 6.03 Å². The van der Waals surface area contributed by atoms with Crippen molar-refractivity contribution in [3.8, 4) is 0 Å². The second-order valence-electron chi connectivity index (χ2n) is 6.49. The highest BCUT2D eigenvalue weighted by atomic mass is 16.2. The van der Waals surface area contributed by atoms with Gasteiger partial charge in [-0.3, -0.25) is 5.10 Å². The number of carbonyl (C=O) groups excluding carboxylic acids is 1. The first-order valence-electron chi connectivity index (χ1n) is 8.55. The molecule has 0 aromatic carbocycles. The number of nitrogens with zero attached hydrogens (tertiary/aromatic N) is 2. The van der Waals surface area contributed by atoms with E-state index >= 15 is 0 Å².